The molecule has 0 aliphatic carbocycles. The van der Waals surface area contributed by atoms with Crippen LogP contribution in [-0.2, 0) is 15.7 Å². The Bertz CT molecular complexity index is 620. The van der Waals surface area contributed by atoms with Gasteiger partial charge in [-0.2, -0.15) is 18.3 Å². The van der Waals surface area contributed by atoms with E-state index < -0.39 is 18.2 Å². The summed E-state index contributed by atoms with van der Waals surface area (Å²) in [4.78, 5) is 0. The first kappa shape index (κ1) is 13.1. The van der Waals surface area contributed by atoms with Gasteiger partial charge in [-0.1, -0.05) is 0 Å². The van der Waals surface area contributed by atoms with Gasteiger partial charge in [-0.3, -0.25) is 0 Å². The summed E-state index contributed by atoms with van der Waals surface area (Å²) >= 11 is 1.93. The third kappa shape index (κ3) is 2.32. The van der Waals surface area contributed by atoms with Crippen LogP contribution in [0.1, 0.15) is 17.5 Å². The first-order valence-corrected chi connectivity index (χ1v) is 6.53. The van der Waals surface area contributed by atoms with Crippen LogP contribution in [0.25, 0.3) is 5.52 Å². The van der Waals surface area contributed by atoms with Crippen molar-refractivity contribution in [3.05, 3.63) is 33.2 Å². The largest absolute Gasteiger partial charge is 0.435 e. The van der Waals surface area contributed by atoms with Crippen molar-refractivity contribution >= 4 is 28.1 Å². The predicted molar refractivity (Wildman–Crippen MR) is 67.6 cm³/mol. The van der Waals surface area contributed by atoms with Gasteiger partial charge in [0.2, 0.25) is 0 Å². The topological polar surface area (TPSA) is 35.8 Å². The third-order valence-corrected chi connectivity index (χ3v) is 3.59. The van der Waals surface area contributed by atoms with E-state index in [9.17, 15) is 13.2 Å². The van der Waals surface area contributed by atoms with Gasteiger partial charge in [-0.15, -0.1) is 0 Å². The van der Waals surface area contributed by atoms with Crippen LogP contribution in [-0.4, -0.2) is 22.8 Å². The second-order valence-electron chi connectivity index (χ2n) is 4.01. The van der Waals surface area contributed by atoms with Crippen LogP contribution in [0.4, 0.5) is 13.2 Å². The van der Waals surface area contributed by atoms with Crippen LogP contribution in [0.2, 0.25) is 0 Å². The highest BCUT2D eigenvalue weighted by Gasteiger charge is 2.35. The molecule has 4 nitrogen and oxygen atoms in total. The fourth-order valence-electron chi connectivity index (χ4n) is 1.94. The van der Waals surface area contributed by atoms with Gasteiger partial charge in [-0.05, 0) is 40.8 Å². The molecule has 2 aromatic heterocycles. The Labute approximate surface area is 119 Å². The fraction of sp³-hybridized carbons (Fsp3) is 0.364. The first-order valence-electron chi connectivity index (χ1n) is 5.45. The van der Waals surface area contributed by atoms with Gasteiger partial charge in [0, 0.05) is 5.56 Å². The zero-order chi connectivity index (χ0) is 13.6. The van der Waals surface area contributed by atoms with Gasteiger partial charge >= 0.3 is 6.18 Å². The quantitative estimate of drug-likeness (QED) is 0.561. The third-order valence-electron chi connectivity index (χ3n) is 2.77. The maximum Gasteiger partial charge on any atom is 0.435 e. The highest BCUT2D eigenvalue weighted by atomic mass is 127. The number of nitrogens with zero attached hydrogens (tertiary/aromatic N) is 2. The highest BCUT2D eigenvalue weighted by molar-refractivity contribution is 14.1. The van der Waals surface area contributed by atoms with E-state index >= 15 is 0 Å². The lowest BCUT2D eigenvalue weighted by Crippen LogP contribution is -2.06. The van der Waals surface area contributed by atoms with Gasteiger partial charge in [-0.25, -0.2) is 4.52 Å². The number of halogens is 4. The Morgan fingerprint density at radius 3 is 2.58 bits per heavy atom. The molecule has 1 aliphatic rings. The summed E-state index contributed by atoms with van der Waals surface area (Å²) in [7, 11) is 0. The number of hydrogen-bond acceptors (Lipinski definition) is 3. The molecule has 2 aromatic rings. The van der Waals surface area contributed by atoms with Crippen LogP contribution in [0, 0.1) is 3.70 Å². The standard InChI is InChI=1S/C11H8F3IN2O2/c12-11(13,14)8-5-7-6(10-18-3-4-19-10)1-2-9(15)17(7)16-8/h1-2,5,10H,3-4H2. The molecule has 3 heterocycles. The van der Waals surface area contributed by atoms with E-state index in [0.29, 0.717) is 28.0 Å². The van der Waals surface area contributed by atoms with Crippen molar-refractivity contribution in [2.75, 3.05) is 13.2 Å². The van der Waals surface area contributed by atoms with Crippen molar-refractivity contribution in [1.29, 1.82) is 0 Å². The molecular weight excluding hydrogens is 376 g/mol. The molecule has 1 aliphatic heterocycles. The van der Waals surface area contributed by atoms with Gasteiger partial charge in [0.1, 0.15) is 3.70 Å². The number of aromatic nitrogens is 2. The van der Waals surface area contributed by atoms with Gasteiger partial charge < -0.3 is 9.47 Å². The van der Waals surface area contributed by atoms with Crippen molar-refractivity contribution in [2.24, 2.45) is 0 Å². The molecule has 0 aromatic carbocycles. The van der Waals surface area contributed by atoms with Crippen molar-refractivity contribution in [1.82, 2.24) is 9.61 Å². The number of ether oxygens (including phenoxy) is 2. The second-order valence-corrected chi connectivity index (χ2v) is 5.11. The molecule has 0 radical (unpaired) electrons. The Morgan fingerprint density at radius 1 is 1.26 bits per heavy atom. The summed E-state index contributed by atoms with van der Waals surface area (Å²) in [5.41, 5.74) is -0.0112. The smallest absolute Gasteiger partial charge is 0.346 e. The minimum Gasteiger partial charge on any atom is -0.346 e. The maximum absolute atomic E-state index is 12.7. The Kier molecular flexibility index (Phi) is 3.18. The van der Waals surface area contributed by atoms with Crippen molar-refractivity contribution in [3.8, 4) is 0 Å². The molecule has 102 valence electrons. The minimum absolute atomic E-state index is 0.353. The minimum atomic E-state index is -4.47. The fourth-order valence-corrected chi connectivity index (χ4v) is 2.49. The van der Waals surface area contributed by atoms with E-state index in [-0.39, 0.29) is 0 Å². The number of pyridine rings is 1. The lowest BCUT2D eigenvalue weighted by Gasteiger charge is -2.11. The number of alkyl halides is 3. The SMILES string of the molecule is FC(F)(F)c1cc2c(C3OCCO3)ccc(I)n2n1. The Morgan fingerprint density at radius 2 is 1.95 bits per heavy atom. The summed E-state index contributed by atoms with van der Waals surface area (Å²) in [6.45, 7) is 0.867. The molecule has 1 fully saturated rings. The molecular formula is C11H8F3IN2O2. The number of rotatable bonds is 1. The van der Waals surface area contributed by atoms with Crippen LogP contribution in [0.3, 0.4) is 0 Å². The number of fused-ring (bicyclic) bond motifs is 1. The number of hydrogen-bond donors (Lipinski definition) is 0. The zero-order valence-corrected chi connectivity index (χ0v) is 11.6. The maximum atomic E-state index is 12.7. The van der Waals surface area contributed by atoms with Gasteiger partial charge in [0.05, 0.1) is 18.7 Å². The average molecular weight is 384 g/mol. The van der Waals surface area contributed by atoms with E-state index in [4.69, 9.17) is 9.47 Å². The second kappa shape index (κ2) is 4.60. The lowest BCUT2D eigenvalue weighted by atomic mass is 10.2. The van der Waals surface area contributed by atoms with E-state index in [0.717, 1.165) is 6.07 Å². The van der Waals surface area contributed by atoms with Crippen LogP contribution >= 0.6 is 22.6 Å². The van der Waals surface area contributed by atoms with Gasteiger partial charge in [0.25, 0.3) is 0 Å². The molecule has 0 atom stereocenters. The molecule has 3 rings (SSSR count). The monoisotopic (exact) mass is 384 g/mol. The molecule has 0 bridgehead atoms. The van der Waals surface area contributed by atoms with E-state index in [1.165, 1.54) is 4.52 Å². The van der Waals surface area contributed by atoms with E-state index in [1.54, 1.807) is 12.1 Å². The summed E-state index contributed by atoms with van der Waals surface area (Å²) in [6.07, 6.45) is -5.10. The Balaban J connectivity index is 2.18. The van der Waals surface area contributed by atoms with Crippen LogP contribution in [0.5, 0.6) is 0 Å². The van der Waals surface area contributed by atoms with Crippen molar-refractivity contribution in [2.45, 2.75) is 12.5 Å². The molecule has 0 saturated carbocycles. The normalized spacial score (nSPS) is 17.5. The molecule has 0 unspecified atom stereocenters. The Hall–Kier alpha value is -0.870. The molecule has 0 N–H and O–H groups in total. The zero-order valence-electron chi connectivity index (χ0n) is 9.45. The molecule has 1 saturated heterocycles. The highest BCUT2D eigenvalue weighted by Crippen LogP contribution is 2.33. The average Bonchev–Trinajstić information content (AvgIpc) is 2.97. The summed E-state index contributed by atoms with van der Waals surface area (Å²) in [5.74, 6) is 0. The first-order chi connectivity index (χ1) is 8.97. The molecule has 0 spiro atoms. The summed E-state index contributed by atoms with van der Waals surface area (Å²) < 4.78 is 50.7. The molecule has 8 heteroatoms. The lowest BCUT2D eigenvalue weighted by molar-refractivity contribution is -0.141. The van der Waals surface area contributed by atoms with Gasteiger partial charge in [0.15, 0.2) is 12.0 Å². The summed E-state index contributed by atoms with van der Waals surface area (Å²) in [6, 6.07) is 4.40. The van der Waals surface area contributed by atoms with Crippen molar-refractivity contribution in [3.63, 3.8) is 0 Å². The van der Waals surface area contributed by atoms with E-state index in [1.807, 2.05) is 22.6 Å². The van der Waals surface area contributed by atoms with Crippen LogP contribution in [0.15, 0.2) is 18.2 Å². The molecule has 19 heavy (non-hydrogen) atoms. The van der Waals surface area contributed by atoms with Crippen molar-refractivity contribution < 1.29 is 22.6 Å². The predicted octanol–water partition coefficient (Wildman–Crippen LogP) is 3.00. The summed E-state index contributed by atoms with van der Waals surface area (Å²) in [5, 5.41) is 3.59. The molecule has 0 amide bonds. The van der Waals surface area contributed by atoms with E-state index in [2.05, 4.69) is 5.10 Å². The van der Waals surface area contributed by atoms with Crippen LogP contribution < -0.4 is 0 Å².